The van der Waals surface area contributed by atoms with Gasteiger partial charge in [-0.15, -0.1) is 0 Å². The molecule has 0 aliphatic carbocycles. The van der Waals surface area contributed by atoms with Gasteiger partial charge in [0, 0.05) is 45.3 Å². The predicted octanol–water partition coefficient (Wildman–Crippen LogP) is 1.04. The quantitative estimate of drug-likeness (QED) is 0.847. The number of carbonyl (C=O) groups excluding carboxylic acids is 1. The molecule has 1 aliphatic rings. The van der Waals surface area contributed by atoms with E-state index in [1.165, 1.54) is 0 Å². The highest BCUT2D eigenvalue weighted by Gasteiger charge is 2.32. The van der Waals surface area contributed by atoms with Crippen LogP contribution in [0.5, 0.6) is 0 Å². The van der Waals surface area contributed by atoms with Crippen molar-refractivity contribution in [2.75, 3.05) is 26.2 Å². The normalized spacial score (nSPS) is 19.1. The van der Waals surface area contributed by atoms with Crippen molar-refractivity contribution < 1.29 is 4.79 Å². The first-order chi connectivity index (χ1) is 11.1. The number of amides is 1. The van der Waals surface area contributed by atoms with Crippen LogP contribution < -0.4 is 0 Å². The van der Waals surface area contributed by atoms with Crippen molar-refractivity contribution in [1.82, 2.24) is 29.3 Å². The molecular formula is C16H22N6O. The Morgan fingerprint density at radius 1 is 1.26 bits per heavy atom. The van der Waals surface area contributed by atoms with Crippen LogP contribution in [0, 0.1) is 6.92 Å². The van der Waals surface area contributed by atoms with E-state index < -0.39 is 0 Å². The lowest BCUT2D eigenvalue weighted by Crippen LogP contribution is -2.51. The van der Waals surface area contributed by atoms with Gasteiger partial charge in [-0.2, -0.15) is 0 Å². The number of imidazole rings is 1. The Hall–Kier alpha value is -2.28. The van der Waals surface area contributed by atoms with Crippen LogP contribution in [0.4, 0.5) is 0 Å². The van der Waals surface area contributed by atoms with Gasteiger partial charge in [0.25, 0.3) is 5.91 Å². The maximum Gasteiger partial charge on any atom is 0.274 e. The minimum absolute atomic E-state index is 0.0625. The number of rotatable bonds is 3. The lowest BCUT2D eigenvalue weighted by Gasteiger charge is -2.40. The van der Waals surface area contributed by atoms with Crippen LogP contribution in [0.25, 0.3) is 0 Å². The molecule has 0 saturated carbocycles. The van der Waals surface area contributed by atoms with Crippen molar-refractivity contribution in [3.63, 3.8) is 0 Å². The number of nitrogens with zero attached hydrogens (tertiary/aromatic N) is 6. The van der Waals surface area contributed by atoms with Gasteiger partial charge < -0.3 is 9.47 Å². The average Bonchev–Trinajstić information content (AvgIpc) is 3.00. The summed E-state index contributed by atoms with van der Waals surface area (Å²) in [6.07, 6.45) is 6.93. The van der Waals surface area contributed by atoms with Crippen LogP contribution in [0.15, 0.2) is 24.8 Å². The number of hydrogen-bond acceptors (Lipinski definition) is 5. The lowest BCUT2D eigenvalue weighted by atomic mass is 10.1. The first-order valence-electron chi connectivity index (χ1n) is 7.89. The summed E-state index contributed by atoms with van der Waals surface area (Å²) in [4.78, 5) is 29.7. The molecule has 1 aliphatic heterocycles. The molecule has 1 saturated heterocycles. The summed E-state index contributed by atoms with van der Waals surface area (Å²) < 4.78 is 2.02. The van der Waals surface area contributed by atoms with Crippen LogP contribution in [-0.4, -0.2) is 61.4 Å². The van der Waals surface area contributed by atoms with Crippen molar-refractivity contribution in [3.05, 3.63) is 42.0 Å². The van der Waals surface area contributed by atoms with Crippen molar-refractivity contribution in [1.29, 1.82) is 0 Å². The van der Waals surface area contributed by atoms with Gasteiger partial charge in [-0.05, 0) is 13.5 Å². The number of aromatic nitrogens is 4. The standard InChI is InChI=1S/C16H22N6O/c1-4-21-7-8-22(11-14(21)15-17-5-6-20(15)3)16(23)13-10-18-12(2)9-19-13/h5-6,9-10,14H,4,7-8,11H2,1-3H3. The summed E-state index contributed by atoms with van der Waals surface area (Å²) in [5, 5.41) is 0. The minimum Gasteiger partial charge on any atom is -0.337 e. The summed E-state index contributed by atoms with van der Waals surface area (Å²) in [5.41, 5.74) is 1.21. The van der Waals surface area contributed by atoms with Crippen LogP contribution in [0.1, 0.15) is 35.0 Å². The van der Waals surface area contributed by atoms with Crippen molar-refractivity contribution in [2.45, 2.75) is 19.9 Å². The molecule has 1 fully saturated rings. The third-order valence-corrected chi connectivity index (χ3v) is 4.34. The number of hydrogen-bond donors (Lipinski definition) is 0. The largest absolute Gasteiger partial charge is 0.337 e. The highest BCUT2D eigenvalue weighted by atomic mass is 16.2. The summed E-state index contributed by atoms with van der Waals surface area (Å²) in [6.45, 7) is 7.08. The molecule has 3 heterocycles. The van der Waals surface area contributed by atoms with Gasteiger partial charge >= 0.3 is 0 Å². The zero-order valence-electron chi connectivity index (χ0n) is 13.8. The van der Waals surface area contributed by atoms with Crippen LogP contribution in [0.2, 0.25) is 0 Å². The van der Waals surface area contributed by atoms with Crippen LogP contribution >= 0.6 is 0 Å². The Morgan fingerprint density at radius 2 is 2.09 bits per heavy atom. The maximum absolute atomic E-state index is 12.7. The average molecular weight is 314 g/mol. The molecule has 7 heteroatoms. The third kappa shape index (κ3) is 3.10. The maximum atomic E-state index is 12.7. The van der Waals surface area contributed by atoms with Gasteiger partial charge in [0.1, 0.15) is 11.5 Å². The Bertz CT molecular complexity index is 680. The summed E-state index contributed by atoms with van der Waals surface area (Å²) >= 11 is 0. The first kappa shape index (κ1) is 15.6. The van der Waals surface area contributed by atoms with Crippen molar-refractivity contribution in [2.24, 2.45) is 7.05 Å². The molecular weight excluding hydrogens is 292 g/mol. The molecule has 0 radical (unpaired) electrons. The van der Waals surface area contributed by atoms with E-state index >= 15 is 0 Å². The van der Waals surface area contributed by atoms with E-state index in [1.54, 1.807) is 18.6 Å². The fourth-order valence-electron chi connectivity index (χ4n) is 2.99. The molecule has 23 heavy (non-hydrogen) atoms. The van der Waals surface area contributed by atoms with Crippen molar-refractivity contribution in [3.8, 4) is 0 Å². The number of piperazine rings is 1. The highest BCUT2D eigenvalue weighted by molar-refractivity contribution is 5.92. The summed E-state index contributed by atoms with van der Waals surface area (Å²) in [6, 6.07) is 0.108. The van der Waals surface area contributed by atoms with E-state index in [-0.39, 0.29) is 11.9 Å². The zero-order chi connectivity index (χ0) is 16.4. The van der Waals surface area contributed by atoms with Gasteiger partial charge in [0.2, 0.25) is 0 Å². The van der Waals surface area contributed by atoms with Gasteiger partial charge in [0.05, 0.1) is 17.9 Å². The van der Waals surface area contributed by atoms with Crippen molar-refractivity contribution >= 4 is 5.91 Å². The van der Waals surface area contributed by atoms with E-state index in [9.17, 15) is 4.79 Å². The predicted molar refractivity (Wildman–Crippen MR) is 85.9 cm³/mol. The third-order valence-electron chi connectivity index (χ3n) is 4.34. The molecule has 122 valence electrons. The van der Waals surface area contributed by atoms with Gasteiger partial charge in [-0.25, -0.2) is 9.97 Å². The first-order valence-corrected chi connectivity index (χ1v) is 7.89. The molecule has 3 rings (SSSR count). The number of aryl methyl sites for hydroxylation is 2. The van der Waals surface area contributed by atoms with Gasteiger partial charge in [-0.3, -0.25) is 14.7 Å². The fraction of sp³-hybridized carbons (Fsp3) is 0.500. The highest BCUT2D eigenvalue weighted by Crippen LogP contribution is 2.24. The monoisotopic (exact) mass is 314 g/mol. The summed E-state index contributed by atoms with van der Waals surface area (Å²) in [7, 11) is 1.99. The number of carbonyl (C=O) groups is 1. The fourth-order valence-corrected chi connectivity index (χ4v) is 2.99. The molecule has 0 spiro atoms. The van der Waals surface area contributed by atoms with E-state index in [4.69, 9.17) is 0 Å². The van der Waals surface area contributed by atoms with Gasteiger partial charge in [-0.1, -0.05) is 6.92 Å². The second-order valence-electron chi connectivity index (χ2n) is 5.83. The molecule has 1 unspecified atom stereocenters. The van der Waals surface area contributed by atoms with E-state index in [0.29, 0.717) is 18.8 Å². The Labute approximate surface area is 136 Å². The Kier molecular flexibility index (Phi) is 4.38. The molecule has 0 N–H and O–H groups in total. The Morgan fingerprint density at radius 3 is 2.70 bits per heavy atom. The lowest BCUT2D eigenvalue weighted by molar-refractivity contribution is 0.0467. The smallest absolute Gasteiger partial charge is 0.274 e. The van der Waals surface area contributed by atoms with E-state index in [2.05, 4.69) is 26.8 Å². The van der Waals surface area contributed by atoms with E-state index in [0.717, 1.165) is 24.6 Å². The second-order valence-corrected chi connectivity index (χ2v) is 5.83. The zero-order valence-corrected chi connectivity index (χ0v) is 13.8. The van der Waals surface area contributed by atoms with Crippen LogP contribution in [-0.2, 0) is 7.05 Å². The Balaban J connectivity index is 1.81. The second kappa shape index (κ2) is 6.45. The molecule has 1 atom stereocenters. The molecule has 1 amide bonds. The minimum atomic E-state index is -0.0625. The van der Waals surface area contributed by atoms with E-state index in [1.807, 2.05) is 29.6 Å². The SMILES string of the molecule is CCN1CCN(C(=O)c2cnc(C)cn2)CC1c1nccn1C. The van der Waals surface area contributed by atoms with Crippen LogP contribution in [0.3, 0.4) is 0 Å². The molecule has 2 aromatic heterocycles. The molecule has 0 aromatic carbocycles. The molecule has 7 nitrogen and oxygen atoms in total. The van der Waals surface area contributed by atoms with Gasteiger partial charge in [0.15, 0.2) is 0 Å². The molecule has 0 bridgehead atoms. The topological polar surface area (TPSA) is 67.2 Å². The summed E-state index contributed by atoms with van der Waals surface area (Å²) in [5.74, 6) is 0.923. The molecule has 2 aromatic rings. The number of likely N-dealkylation sites (N-methyl/N-ethyl adjacent to an activating group) is 1.